The van der Waals surface area contributed by atoms with Crippen molar-refractivity contribution in [1.29, 1.82) is 0 Å². The summed E-state index contributed by atoms with van der Waals surface area (Å²) in [6, 6.07) is 11.9. The van der Waals surface area contributed by atoms with E-state index in [-0.39, 0.29) is 0 Å². The minimum Gasteiger partial charge on any atom is -0.313 e. The maximum Gasteiger partial charge on any atom is 0.184 e. The summed E-state index contributed by atoms with van der Waals surface area (Å²) in [7, 11) is 1.01. The molecule has 2 aliphatic heterocycles. The Labute approximate surface area is 169 Å². The van der Waals surface area contributed by atoms with E-state index in [0.717, 1.165) is 21.2 Å². The molecule has 2 unspecified atom stereocenters. The van der Waals surface area contributed by atoms with Crippen LogP contribution < -0.4 is 4.72 Å². The molecule has 2 atom stereocenters. The Balaban J connectivity index is 0.000000219. The number of benzene rings is 2. The number of hydrogen-bond acceptors (Lipinski definition) is 4. The fourth-order valence-electron chi connectivity index (χ4n) is 2.02. The van der Waals surface area contributed by atoms with E-state index < -0.39 is 20.0 Å². The van der Waals surface area contributed by atoms with Crippen molar-refractivity contribution in [1.82, 2.24) is 0 Å². The van der Waals surface area contributed by atoms with E-state index in [4.69, 9.17) is 0 Å². The molecule has 2 aliphatic rings. The third kappa shape index (κ3) is 6.13. The van der Waals surface area contributed by atoms with Crippen LogP contribution in [0.25, 0.3) is 0 Å². The second-order valence-electron chi connectivity index (χ2n) is 4.70. The minimum atomic E-state index is -0.963. The van der Waals surface area contributed by atoms with Crippen LogP contribution >= 0.6 is 21.6 Å². The molecule has 26 heavy (non-hydrogen) atoms. The third-order valence-electron chi connectivity index (χ3n) is 3.09. The lowest BCUT2D eigenvalue weighted by molar-refractivity contribution is 0.663. The van der Waals surface area contributed by atoms with Crippen molar-refractivity contribution in [2.75, 3.05) is 4.72 Å². The molecule has 0 spiro atoms. The van der Waals surface area contributed by atoms with E-state index in [2.05, 4.69) is 9.08 Å². The maximum atomic E-state index is 11.0. The van der Waals surface area contributed by atoms with Gasteiger partial charge in [0.2, 0.25) is 0 Å². The molecule has 0 radical (unpaired) electrons. The van der Waals surface area contributed by atoms with E-state index >= 15 is 0 Å². The van der Waals surface area contributed by atoms with Gasteiger partial charge in [-0.2, -0.15) is 4.36 Å². The number of anilines is 1. The predicted molar refractivity (Wildman–Crippen MR) is 121 cm³/mol. The van der Waals surface area contributed by atoms with Crippen molar-refractivity contribution < 1.29 is 8.76 Å². The summed E-state index contributed by atoms with van der Waals surface area (Å²) in [5.41, 5.74) is 4.31. The topological polar surface area (TPSA) is 61.7 Å². The molecular weight excluding hydrogens is 404 g/mol. The van der Waals surface area contributed by atoms with Gasteiger partial charge in [0, 0.05) is 4.90 Å². The van der Waals surface area contributed by atoms with Crippen LogP contribution in [0.4, 0.5) is 11.4 Å². The van der Waals surface area contributed by atoms with Gasteiger partial charge in [-0.15, -0.1) is 0 Å². The molecule has 0 aliphatic carbocycles. The number of fused-ring (bicyclic) bond motifs is 2. The molecule has 2 aromatic carbocycles. The Morgan fingerprint density at radius 1 is 0.923 bits per heavy atom. The third-order valence-corrected chi connectivity index (χ3v) is 7.91. The van der Waals surface area contributed by atoms with Crippen LogP contribution in [0, 0.1) is 13.8 Å². The summed E-state index contributed by atoms with van der Waals surface area (Å²) in [4.78, 5) is 2.24. The average Bonchev–Trinajstić information content (AvgIpc) is 3.22. The first kappa shape index (κ1) is 23.2. The van der Waals surface area contributed by atoms with Crippen molar-refractivity contribution in [2.24, 2.45) is 4.36 Å². The zero-order valence-corrected chi connectivity index (χ0v) is 19.2. The molecule has 0 saturated carbocycles. The van der Waals surface area contributed by atoms with Gasteiger partial charge in [-0.3, -0.25) is 4.72 Å². The SMILES string of the molecule is CC.CC.Cc1cccc2c1SS(=O)N2.Cc1cccc2c1SS(O)=N2. The van der Waals surface area contributed by atoms with Gasteiger partial charge in [0.15, 0.2) is 10.0 Å². The van der Waals surface area contributed by atoms with Crippen LogP contribution in [0.1, 0.15) is 38.8 Å². The first-order valence-electron chi connectivity index (χ1n) is 8.44. The molecule has 4 nitrogen and oxygen atoms in total. The Morgan fingerprint density at radius 3 is 2.08 bits per heavy atom. The van der Waals surface area contributed by atoms with Crippen LogP contribution in [0.15, 0.2) is 50.6 Å². The molecule has 0 aromatic heterocycles. The van der Waals surface area contributed by atoms with Gasteiger partial charge in [0.1, 0.15) is 10.0 Å². The molecule has 8 heteroatoms. The van der Waals surface area contributed by atoms with Crippen molar-refractivity contribution in [3.05, 3.63) is 47.5 Å². The Hall–Kier alpha value is -0.800. The predicted octanol–water partition coefficient (Wildman–Crippen LogP) is 7.07. The molecule has 2 aromatic rings. The van der Waals surface area contributed by atoms with Crippen LogP contribution in [-0.4, -0.2) is 8.76 Å². The number of rotatable bonds is 0. The molecule has 0 amide bonds. The van der Waals surface area contributed by atoms with Crippen molar-refractivity contribution >= 4 is 53.0 Å². The molecule has 0 bridgehead atoms. The highest BCUT2D eigenvalue weighted by Crippen LogP contribution is 2.41. The number of nitrogens with one attached hydrogen (secondary N) is 1. The van der Waals surface area contributed by atoms with Crippen LogP contribution in [-0.2, 0) is 20.0 Å². The monoisotopic (exact) mass is 430 g/mol. The zero-order chi connectivity index (χ0) is 19.7. The van der Waals surface area contributed by atoms with Crippen LogP contribution in [0.5, 0.6) is 0 Å². The van der Waals surface area contributed by atoms with E-state index in [1.807, 2.05) is 77.9 Å². The van der Waals surface area contributed by atoms with Gasteiger partial charge in [0.25, 0.3) is 0 Å². The van der Waals surface area contributed by atoms with E-state index in [1.54, 1.807) is 0 Å². The van der Waals surface area contributed by atoms with Gasteiger partial charge in [-0.1, -0.05) is 52.0 Å². The summed E-state index contributed by atoms with van der Waals surface area (Å²) >= 11 is 0. The highest BCUT2D eigenvalue weighted by Gasteiger charge is 2.18. The second-order valence-corrected chi connectivity index (χ2v) is 9.97. The standard InChI is InChI=1S/2C7H7NOS2.2C2H6/c2*1-5-3-2-4-6-7(5)10-11(9)8-6;2*1-2/h2-4H,1H3,(H,8,9);2-4,8H,1H3;2*1-2H3. The molecule has 2 heterocycles. The largest absolute Gasteiger partial charge is 0.313 e. The smallest absolute Gasteiger partial charge is 0.184 e. The van der Waals surface area contributed by atoms with Crippen molar-refractivity contribution in [3.63, 3.8) is 0 Å². The maximum absolute atomic E-state index is 11.0. The van der Waals surface area contributed by atoms with E-state index in [0.29, 0.717) is 0 Å². The molecule has 0 fully saturated rings. The Kier molecular flexibility index (Phi) is 10.6. The lowest BCUT2D eigenvalue weighted by atomic mass is 10.2. The quantitative estimate of drug-likeness (QED) is 0.439. The lowest BCUT2D eigenvalue weighted by Gasteiger charge is -1.97. The molecule has 2 N–H and O–H groups in total. The number of aryl methyl sites for hydroxylation is 2. The Bertz CT molecular complexity index is 795. The zero-order valence-electron chi connectivity index (χ0n) is 15.9. The molecule has 4 rings (SSSR count). The first-order chi connectivity index (χ1) is 12.5. The summed E-state index contributed by atoms with van der Waals surface area (Å²) in [6.45, 7) is 12.1. The summed E-state index contributed by atoms with van der Waals surface area (Å²) in [6.07, 6.45) is 0. The van der Waals surface area contributed by atoms with E-state index in [1.165, 1.54) is 32.7 Å². The summed E-state index contributed by atoms with van der Waals surface area (Å²) in [5.74, 6) is 0. The van der Waals surface area contributed by atoms with Crippen LogP contribution in [0.3, 0.4) is 0 Å². The van der Waals surface area contributed by atoms with E-state index in [9.17, 15) is 8.76 Å². The summed E-state index contributed by atoms with van der Waals surface area (Å²) < 4.78 is 27.1. The highest BCUT2D eigenvalue weighted by molar-refractivity contribution is 8.70. The van der Waals surface area contributed by atoms with Gasteiger partial charge in [0.05, 0.1) is 16.3 Å². The molecule has 144 valence electrons. The van der Waals surface area contributed by atoms with Crippen molar-refractivity contribution in [2.45, 2.75) is 51.3 Å². The number of hydrogen-bond donors (Lipinski definition) is 2. The fourth-order valence-corrected chi connectivity index (χ4v) is 6.97. The van der Waals surface area contributed by atoms with Crippen molar-refractivity contribution in [3.8, 4) is 0 Å². The summed E-state index contributed by atoms with van der Waals surface area (Å²) in [5, 5.41) is 0. The average molecular weight is 431 g/mol. The fraction of sp³-hybridized carbons (Fsp3) is 0.333. The van der Waals surface area contributed by atoms with Gasteiger partial charge >= 0.3 is 0 Å². The van der Waals surface area contributed by atoms with Gasteiger partial charge < -0.3 is 4.55 Å². The number of nitrogens with zero attached hydrogens (tertiary/aromatic N) is 1. The van der Waals surface area contributed by atoms with Gasteiger partial charge in [-0.05, 0) is 58.7 Å². The first-order valence-corrected chi connectivity index (χ1v) is 13.4. The molecule has 0 saturated heterocycles. The lowest BCUT2D eigenvalue weighted by Crippen LogP contribution is -1.90. The normalized spacial score (nSPS) is 18.3. The highest BCUT2D eigenvalue weighted by atomic mass is 33.1. The molecular formula is C18H26N2O2S4. The second kappa shape index (κ2) is 11.8. The van der Waals surface area contributed by atoms with Crippen LogP contribution in [0.2, 0.25) is 0 Å². The van der Waals surface area contributed by atoms with Gasteiger partial charge in [-0.25, -0.2) is 4.21 Å². The minimum absolute atomic E-state index is 0.838. The Morgan fingerprint density at radius 2 is 1.50 bits per heavy atom.